The molecule has 88 valence electrons. The molecule has 1 heterocycles. The Bertz CT molecular complexity index is 335. The first-order chi connectivity index (χ1) is 7.78. The molecule has 1 aromatic carbocycles. The first-order valence-corrected chi connectivity index (χ1v) is 6.06. The molecule has 2 rings (SSSR count). The van der Waals surface area contributed by atoms with Crippen molar-refractivity contribution in [1.29, 1.82) is 0 Å². The van der Waals surface area contributed by atoms with Crippen molar-refractivity contribution in [2.24, 2.45) is 0 Å². The third-order valence-electron chi connectivity index (χ3n) is 3.36. The minimum Gasteiger partial charge on any atom is -0.381 e. The molecule has 2 nitrogen and oxygen atoms in total. The minimum atomic E-state index is -0.113. The van der Waals surface area contributed by atoms with Crippen LogP contribution in [0.15, 0.2) is 24.3 Å². The molecule has 2 heteroatoms. The van der Waals surface area contributed by atoms with Gasteiger partial charge in [0.15, 0.2) is 0 Å². The van der Waals surface area contributed by atoms with E-state index < -0.39 is 0 Å². The van der Waals surface area contributed by atoms with E-state index in [9.17, 15) is 0 Å². The number of benzene rings is 1. The first-order valence-electron chi connectivity index (χ1n) is 6.06. The number of rotatable bonds is 3. The van der Waals surface area contributed by atoms with E-state index in [2.05, 4.69) is 38.1 Å². The van der Waals surface area contributed by atoms with Crippen molar-refractivity contribution in [3.8, 4) is 0 Å². The lowest BCUT2D eigenvalue weighted by Gasteiger charge is -2.38. The molecule has 0 radical (unpaired) electrons. The van der Waals surface area contributed by atoms with Gasteiger partial charge in [0, 0.05) is 32.7 Å². The molecule has 0 aromatic heterocycles. The van der Waals surface area contributed by atoms with Crippen LogP contribution in [0.3, 0.4) is 0 Å². The molecule has 0 bridgehead atoms. The highest BCUT2D eigenvalue weighted by Crippen LogP contribution is 2.37. The molecule has 1 aromatic rings. The third-order valence-corrected chi connectivity index (χ3v) is 3.36. The Kier molecular flexibility index (Phi) is 3.62. The molecule has 0 amide bonds. The monoisotopic (exact) mass is 220 g/mol. The predicted octanol–water partition coefficient (Wildman–Crippen LogP) is 3.04. The van der Waals surface area contributed by atoms with Gasteiger partial charge < -0.3 is 9.47 Å². The Hall–Kier alpha value is -0.860. The Morgan fingerprint density at radius 3 is 2.56 bits per heavy atom. The van der Waals surface area contributed by atoms with Crippen molar-refractivity contribution >= 4 is 0 Å². The molecule has 0 N–H and O–H groups in total. The molecule has 0 atom stereocenters. The van der Waals surface area contributed by atoms with Crippen LogP contribution < -0.4 is 0 Å². The van der Waals surface area contributed by atoms with Gasteiger partial charge in [0.05, 0.1) is 5.60 Å². The zero-order valence-electron chi connectivity index (χ0n) is 10.2. The second kappa shape index (κ2) is 4.98. The van der Waals surface area contributed by atoms with E-state index in [4.69, 9.17) is 9.47 Å². The summed E-state index contributed by atoms with van der Waals surface area (Å²) in [6.07, 6.45) is 1.93. The van der Waals surface area contributed by atoms with E-state index in [0.29, 0.717) is 0 Å². The maximum atomic E-state index is 6.06. The zero-order chi connectivity index (χ0) is 11.4. The molecule has 0 aliphatic carbocycles. The molecule has 0 saturated carbocycles. The fourth-order valence-corrected chi connectivity index (χ4v) is 2.55. The van der Waals surface area contributed by atoms with Gasteiger partial charge in [-0.1, -0.05) is 24.3 Å². The standard InChI is InChI=1S/C14H20O2/c1-3-16-14(8-10-15-11-9-14)13-7-5-4-6-12(13)2/h4-7H,3,8-11H2,1-2H3. The van der Waals surface area contributed by atoms with E-state index in [0.717, 1.165) is 32.7 Å². The Labute approximate surface area is 97.6 Å². The number of hydrogen-bond acceptors (Lipinski definition) is 2. The summed E-state index contributed by atoms with van der Waals surface area (Å²) in [5.41, 5.74) is 2.54. The molecule has 0 unspecified atom stereocenters. The minimum absolute atomic E-state index is 0.113. The van der Waals surface area contributed by atoms with Crippen molar-refractivity contribution in [2.45, 2.75) is 32.3 Å². The fraction of sp³-hybridized carbons (Fsp3) is 0.571. The van der Waals surface area contributed by atoms with E-state index in [1.54, 1.807) is 0 Å². The summed E-state index contributed by atoms with van der Waals surface area (Å²) < 4.78 is 11.5. The maximum Gasteiger partial charge on any atom is 0.0977 e. The highest BCUT2D eigenvalue weighted by molar-refractivity contribution is 5.31. The van der Waals surface area contributed by atoms with Gasteiger partial charge in [-0.15, -0.1) is 0 Å². The molecule has 1 aliphatic heterocycles. The molecular weight excluding hydrogens is 200 g/mol. The van der Waals surface area contributed by atoms with Crippen molar-refractivity contribution in [1.82, 2.24) is 0 Å². The number of ether oxygens (including phenoxy) is 2. The lowest BCUT2D eigenvalue weighted by atomic mass is 9.83. The van der Waals surface area contributed by atoms with E-state index >= 15 is 0 Å². The van der Waals surface area contributed by atoms with Gasteiger partial charge in [-0.3, -0.25) is 0 Å². The van der Waals surface area contributed by atoms with Crippen LogP contribution in [0, 0.1) is 6.92 Å². The van der Waals surface area contributed by atoms with Crippen LogP contribution in [0.2, 0.25) is 0 Å². The van der Waals surface area contributed by atoms with Crippen molar-refractivity contribution in [3.05, 3.63) is 35.4 Å². The Morgan fingerprint density at radius 1 is 1.25 bits per heavy atom. The quantitative estimate of drug-likeness (QED) is 0.779. The van der Waals surface area contributed by atoms with Crippen molar-refractivity contribution in [3.63, 3.8) is 0 Å². The van der Waals surface area contributed by atoms with Crippen molar-refractivity contribution < 1.29 is 9.47 Å². The fourth-order valence-electron chi connectivity index (χ4n) is 2.55. The zero-order valence-corrected chi connectivity index (χ0v) is 10.2. The van der Waals surface area contributed by atoms with Crippen LogP contribution >= 0.6 is 0 Å². The SMILES string of the molecule is CCOC1(c2ccccc2C)CCOCC1. The predicted molar refractivity (Wildman–Crippen MR) is 64.5 cm³/mol. The van der Waals surface area contributed by atoms with Crippen LogP contribution in [0.1, 0.15) is 30.9 Å². The summed E-state index contributed by atoms with van der Waals surface area (Å²) in [5, 5.41) is 0. The van der Waals surface area contributed by atoms with E-state index in [-0.39, 0.29) is 5.60 Å². The normalized spacial score (nSPS) is 19.6. The van der Waals surface area contributed by atoms with Gasteiger partial charge in [-0.05, 0) is 25.0 Å². The van der Waals surface area contributed by atoms with Gasteiger partial charge in [0.2, 0.25) is 0 Å². The molecule has 16 heavy (non-hydrogen) atoms. The van der Waals surface area contributed by atoms with E-state index in [1.165, 1.54) is 11.1 Å². The summed E-state index contributed by atoms with van der Waals surface area (Å²) in [5.74, 6) is 0. The van der Waals surface area contributed by atoms with Crippen LogP contribution in [-0.4, -0.2) is 19.8 Å². The van der Waals surface area contributed by atoms with Crippen LogP contribution in [-0.2, 0) is 15.1 Å². The second-order valence-corrected chi connectivity index (χ2v) is 4.35. The third kappa shape index (κ3) is 2.13. The highest BCUT2D eigenvalue weighted by Gasteiger charge is 2.35. The largest absolute Gasteiger partial charge is 0.381 e. The van der Waals surface area contributed by atoms with Crippen molar-refractivity contribution in [2.75, 3.05) is 19.8 Å². The van der Waals surface area contributed by atoms with Gasteiger partial charge in [0.25, 0.3) is 0 Å². The summed E-state index contributed by atoms with van der Waals surface area (Å²) in [6, 6.07) is 8.53. The average Bonchev–Trinajstić information content (AvgIpc) is 2.31. The summed E-state index contributed by atoms with van der Waals surface area (Å²) >= 11 is 0. The molecule has 1 saturated heterocycles. The second-order valence-electron chi connectivity index (χ2n) is 4.35. The Morgan fingerprint density at radius 2 is 1.94 bits per heavy atom. The van der Waals surface area contributed by atoms with E-state index in [1.807, 2.05) is 0 Å². The van der Waals surface area contributed by atoms with Gasteiger partial charge in [-0.25, -0.2) is 0 Å². The first kappa shape index (κ1) is 11.6. The van der Waals surface area contributed by atoms with Gasteiger partial charge in [0.1, 0.15) is 0 Å². The number of aryl methyl sites for hydroxylation is 1. The topological polar surface area (TPSA) is 18.5 Å². The van der Waals surface area contributed by atoms with Crippen LogP contribution in [0.4, 0.5) is 0 Å². The Balaban J connectivity index is 2.34. The highest BCUT2D eigenvalue weighted by atomic mass is 16.5. The summed E-state index contributed by atoms with van der Waals surface area (Å²) in [4.78, 5) is 0. The molecule has 1 aliphatic rings. The van der Waals surface area contributed by atoms with Crippen LogP contribution in [0.25, 0.3) is 0 Å². The average molecular weight is 220 g/mol. The summed E-state index contributed by atoms with van der Waals surface area (Å²) in [7, 11) is 0. The lowest BCUT2D eigenvalue weighted by Crippen LogP contribution is -2.37. The molecular formula is C14H20O2. The lowest BCUT2D eigenvalue weighted by molar-refractivity contribution is -0.113. The van der Waals surface area contributed by atoms with Gasteiger partial charge in [-0.2, -0.15) is 0 Å². The molecule has 0 spiro atoms. The smallest absolute Gasteiger partial charge is 0.0977 e. The maximum absolute atomic E-state index is 6.06. The van der Waals surface area contributed by atoms with Gasteiger partial charge >= 0.3 is 0 Å². The van der Waals surface area contributed by atoms with Crippen LogP contribution in [0.5, 0.6) is 0 Å². The summed E-state index contributed by atoms with van der Waals surface area (Å²) in [6.45, 7) is 6.58. The number of hydrogen-bond donors (Lipinski definition) is 0. The molecule has 1 fully saturated rings.